The molecule has 38 heavy (non-hydrogen) atoms. The first-order chi connectivity index (χ1) is 18.1. The summed E-state index contributed by atoms with van der Waals surface area (Å²) in [4.78, 5) is 41.9. The molecule has 1 aliphatic heterocycles. The number of rotatable bonds is 6. The normalized spacial score (nSPS) is 14.7. The average molecular weight is 516 g/mol. The van der Waals surface area contributed by atoms with E-state index in [9.17, 15) is 14.4 Å². The summed E-state index contributed by atoms with van der Waals surface area (Å²) in [7, 11) is 0. The van der Waals surface area contributed by atoms with Gasteiger partial charge in [-0.2, -0.15) is 0 Å². The zero-order valence-electron chi connectivity index (χ0n) is 22.7. The number of amides is 3. The van der Waals surface area contributed by atoms with Crippen LogP contribution in [0, 0.1) is 0 Å². The molecule has 3 aromatic rings. The van der Waals surface area contributed by atoms with Gasteiger partial charge in [0, 0.05) is 38.2 Å². The van der Waals surface area contributed by atoms with Gasteiger partial charge in [0.1, 0.15) is 5.60 Å². The average Bonchev–Trinajstić information content (AvgIpc) is 2.90. The molecule has 1 fully saturated rings. The van der Waals surface area contributed by atoms with Crippen molar-refractivity contribution in [2.45, 2.75) is 52.2 Å². The van der Waals surface area contributed by atoms with Crippen LogP contribution in [0.2, 0.25) is 0 Å². The smallest absolute Gasteiger partial charge is 0.410 e. The van der Waals surface area contributed by atoms with Crippen molar-refractivity contribution < 1.29 is 19.1 Å². The molecule has 0 aliphatic carbocycles. The molecule has 7 nitrogen and oxygen atoms in total. The van der Waals surface area contributed by atoms with Crippen LogP contribution in [0.5, 0.6) is 0 Å². The molecule has 0 spiro atoms. The number of carbonyl (C=O) groups is 3. The summed E-state index contributed by atoms with van der Waals surface area (Å²) in [5.41, 5.74) is 1.95. The van der Waals surface area contributed by atoms with Crippen LogP contribution in [0.4, 0.5) is 4.79 Å². The number of benzene rings is 3. The molecule has 1 N–H and O–H groups in total. The number of hydrogen-bond acceptors (Lipinski definition) is 4. The highest BCUT2D eigenvalue weighted by molar-refractivity contribution is 5.96. The molecule has 0 saturated carbocycles. The minimum absolute atomic E-state index is 0.0215. The van der Waals surface area contributed by atoms with Gasteiger partial charge in [-0.25, -0.2) is 4.79 Å². The molecule has 1 atom stereocenters. The number of nitrogens with zero attached hydrogens (tertiary/aromatic N) is 2. The van der Waals surface area contributed by atoms with Gasteiger partial charge >= 0.3 is 6.09 Å². The third kappa shape index (κ3) is 6.71. The third-order valence-electron chi connectivity index (χ3n) is 6.79. The zero-order valence-corrected chi connectivity index (χ0v) is 22.7. The largest absolute Gasteiger partial charge is 0.444 e. The van der Waals surface area contributed by atoms with E-state index in [-0.39, 0.29) is 23.9 Å². The van der Waals surface area contributed by atoms with Gasteiger partial charge in [-0.05, 0) is 62.1 Å². The SMILES string of the molecule is CC(NC(=O)c1ccccc1CCC(=O)N1CCN(C(=O)OC(C)(C)C)CC1)c1cccc2ccccc12. The topological polar surface area (TPSA) is 79.0 Å². The molecule has 200 valence electrons. The van der Waals surface area contributed by atoms with E-state index in [1.54, 1.807) is 9.80 Å². The standard InChI is InChI=1S/C31H37N3O4/c1-22(25-15-9-12-23-10-5-7-13-26(23)25)32-29(36)27-14-8-6-11-24(27)16-17-28(35)33-18-20-34(21-19-33)30(37)38-31(2,3)4/h5-15,22H,16-21H2,1-4H3,(H,32,36). The fourth-order valence-corrected chi connectivity index (χ4v) is 4.80. The van der Waals surface area contributed by atoms with E-state index in [0.717, 1.165) is 21.9 Å². The Kier molecular flexibility index (Phi) is 8.35. The zero-order chi connectivity index (χ0) is 27.3. The van der Waals surface area contributed by atoms with E-state index in [4.69, 9.17) is 4.74 Å². The van der Waals surface area contributed by atoms with Crippen LogP contribution in [0.15, 0.2) is 66.7 Å². The molecule has 3 amide bonds. The van der Waals surface area contributed by atoms with Crippen molar-refractivity contribution in [2.75, 3.05) is 26.2 Å². The Balaban J connectivity index is 1.34. The lowest BCUT2D eigenvalue weighted by atomic mass is 9.98. The first-order valence-electron chi connectivity index (χ1n) is 13.2. The quantitative estimate of drug-likeness (QED) is 0.481. The summed E-state index contributed by atoms with van der Waals surface area (Å²) >= 11 is 0. The molecule has 0 radical (unpaired) electrons. The highest BCUT2D eigenvalue weighted by Gasteiger charge is 2.27. The molecule has 1 saturated heterocycles. The maximum atomic E-state index is 13.3. The van der Waals surface area contributed by atoms with Crippen molar-refractivity contribution in [1.82, 2.24) is 15.1 Å². The molecule has 1 unspecified atom stereocenters. The molecular formula is C31H37N3O4. The molecule has 3 aromatic carbocycles. The lowest BCUT2D eigenvalue weighted by molar-refractivity contribution is -0.132. The number of nitrogens with one attached hydrogen (secondary N) is 1. The predicted octanol–water partition coefficient (Wildman–Crippen LogP) is 5.34. The Labute approximate surface area is 224 Å². The molecule has 4 rings (SSSR count). The summed E-state index contributed by atoms with van der Waals surface area (Å²) in [5.74, 6) is -0.132. The Bertz CT molecular complexity index is 1300. The van der Waals surface area contributed by atoms with Crippen LogP contribution in [-0.4, -0.2) is 59.5 Å². The monoisotopic (exact) mass is 515 g/mol. The van der Waals surface area contributed by atoms with E-state index in [1.165, 1.54) is 0 Å². The van der Waals surface area contributed by atoms with Crippen molar-refractivity contribution in [1.29, 1.82) is 0 Å². The van der Waals surface area contributed by atoms with Crippen LogP contribution in [-0.2, 0) is 16.0 Å². The lowest BCUT2D eigenvalue weighted by Gasteiger charge is -2.35. The Morgan fingerprint density at radius 3 is 2.24 bits per heavy atom. The van der Waals surface area contributed by atoms with Crippen molar-refractivity contribution in [3.8, 4) is 0 Å². The van der Waals surface area contributed by atoms with Crippen LogP contribution >= 0.6 is 0 Å². The second kappa shape index (κ2) is 11.7. The number of piperazine rings is 1. The second-order valence-electron chi connectivity index (χ2n) is 10.8. The number of ether oxygens (including phenoxy) is 1. The molecule has 0 aromatic heterocycles. The van der Waals surface area contributed by atoms with Gasteiger partial charge in [-0.3, -0.25) is 9.59 Å². The molecule has 7 heteroatoms. The Morgan fingerprint density at radius 2 is 1.50 bits per heavy atom. The third-order valence-corrected chi connectivity index (χ3v) is 6.79. The second-order valence-corrected chi connectivity index (χ2v) is 10.8. The molecular weight excluding hydrogens is 478 g/mol. The summed E-state index contributed by atoms with van der Waals surface area (Å²) in [6.45, 7) is 9.36. The van der Waals surface area contributed by atoms with Gasteiger partial charge in [-0.15, -0.1) is 0 Å². The van der Waals surface area contributed by atoms with Crippen molar-refractivity contribution in [2.24, 2.45) is 0 Å². The van der Waals surface area contributed by atoms with E-state index >= 15 is 0 Å². The number of aryl methyl sites for hydroxylation is 1. The van der Waals surface area contributed by atoms with Crippen molar-refractivity contribution >= 4 is 28.7 Å². The van der Waals surface area contributed by atoms with Crippen LogP contribution in [0.25, 0.3) is 10.8 Å². The minimum atomic E-state index is -0.545. The summed E-state index contributed by atoms with van der Waals surface area (Å²) in [6, 6.07) is 21.5. The number of carbonyl (C=O) groups excluding carboxylic acids is 3. The van der Waals surface area contributed by atoms with Gasteiger partial charge in [0.15, 0.2) is 0 Å². The van der Waals surface area contributed by atoms with Crippen LogP contribution in [0.3, 0.4) is 0 Å². The van der Waals surface area contributed by atoms with Gasteiger partial charge < -0.3 is 19.9 Å². The predicted molar refractivity (Wildman–Crippen MR) is 149 cm³/mol. The van der Waals surface area contributed by atoms with Crippen LogP contribution < -0.4 is 5.32 Å². The van der Waals surface area contributed by atoms with E-state index in [0.29, 0.717) is 44.6 Å². The van der Waals surface area contributed by atoms with Gasteiger partial charge in [0.25, 0.3) is 5.91 Å². The Hall–Kier alpha value is -3.87. The van der Waals surface area contributed by atoms with Crippen LogP contribution in [0.1, 0.15) is 61.6 Å². The van der Waals surface area contributed by atoms with Gasteiger partial charge in [0.05, 0.1) is 6.04 Å². The lowest BCUT2D eigenvalue weighted by Crippen LogP contribution is -2.51. The van der Waals surface area contributed by atoms with E-state index < -0.39 is 5.60 Å². The van der Waals surface area contributed by atoms with E-state index in [1.807, 2.05) is 76.2 Å². The molecule has 1 aliphatic rings. The van der Waals surface area contributed by atoms with Crippen molar-refractivity contribution in [3.05, 3.63) is 83.4 Å². The number of fused-ring (bicyclic) bond motifs is 1. The maximum Gasteiger partial charge on any atom is 0.410 e. The van der Waals surface area contributed by atoms with E-state index in [2.05, 4.69) is 23.5 Å². The summed E-state index contributed by atoms with van der Waals surface area (Å²) in [6.07, 6.45) is 0.426. The summed E-state index contributed by atoms with van der Waals surface area (Å²) in [5, 5.41) is 5.40. The summed E-state index contributed by atoms with van der Waals surface area (Å²) < 4.78 is 5.44. The van der Waals surface area contributed by atoms with Gasteiger partial charge in [-0.1, -0.05) is 60.7 Å². The van der Waals surface area contributed by atoms with Crippen molar-refractivity contribution in [3.63, 3.8) is 0 Å². The fraction of sp³-hybridized carbons (Fsp3) is 0.387. The maximum absolute atomic E-state index is 13.3. The highest BCUT2D eigenvalue weighted by Crippen LogP contribution is 2.25. The molecule has 0 bridgehead atoms. The first kappa shape index (κ1) is 27.2. The molecule has 1 heterocycles. The fourth-order valence-electron chi connectivity index (χ4n) is 4.80. The minimum Gasteiger partial charge on any atom is -0.444 e. The first-order valence-corrected chi connectivity index (χ1v) is 13.2. The van der Waals surface area contributed by atoms with Gasteiger partial charge in [0.2, 0.25) is 5.91 Å². The number of hydrogen-bond donors (Lipinski definition) is 1. The Morgan fingerprint density at radius 1 is 0.868 bits per heavy atom. The highest BCUT2D eigenvalue weighted by atomic mass is 16.6.